The zero-order chi connectivity index (χ0) is 18.8. The van der Waals surface area contributed by atoms with Gasteiger partial charge in [0.15, 0.2) is 0 Å². The first kappa shape index (κ1) is 16.4. The van der Waals surface area contributed by atoms with E-state index in [2.05, 4.69) is 77.0 Å². The van der Waals surface area contributed by atoms with Crippen LogP contribution in [0.5, 0.6) is 0 Å². The van der Waals surface area contributed by atoms with Crippen LogP contribution in [-0.2, 0) is 0 Å². The molecular formula is C26H18N2. The molecule has 0 aliphatic heterocycles. The lowest BCUT2D eigenvalue weighted by Crippen LogP contribution is -1.83. The lowest BCUT2D eigenvalue weighted by molar-refractivity contribution is 1.23. The van der Waals surface area contributed by atoms with Crippen molar-refractivity contribution in [2.45, 2.75) is 0 Å². The second-order valence-electron chi connectivity index (χ2n) is 6.78. The summed E-state index contributed by atoms with van der Waals surface area (Å²) in [6.07, 6.45) is 0. The molecule has 0 saturated carbocycles. The van der Waals surface area contributed by atoms with Crippen molar-refractivity contribution in [2.24, 2.45) is 10.2 Å². The third kappa shape index (κ3) is 3.06. The summed E-state index contributed by atoms with van der Waals surface area (Å²) < 4.78 is 0. The van der Waals surface area contributed by atoms with Crippen molar-refractivity contribution in [3.63, 3.8) is 0 Å². The van der Waals surface area contributed by atoms with Gasteiger partial charge in [-0.3, -0.25) is 0 Å². The Morgan fingerprint density at radius 1 is 0.429 bits per heavy atom. The number of benzene rings is 5. The maximum Gasteiger partial charge on any atom is 0.0935 e. The van der Waals surface area contributed by atoms with Crippen LogP contribution < -0.4 is 0 Å². The minimum Gasteiger partial charge on any atom is -0.151 e. The van der Waals surface area contributed by atoms with Crippen molar-refractivity contribution in [1.29, 1.82) is 0 Å². The molecule has 0 radical (unpaired) electrons. The zero-order valence-electron chi connectivity index (χ0n) is 15.3. The van der Waals surface area contributed by atoms with E-state index in [1.807, 2.05) is 42.5 Å². The van der Waals surface area contributed by atoms with Crippen molar-refractivity contribution in [3.8, 4) is 11.1 Å². The largest absolute Gasteiger partial charge is 0.151 e. The minimum absolute atomic E-state index is 0.848. The summed E-state index contributed by atoms with van der Waals surface area (Å²) in [5.74, 6) is 0. The highest BCUT2D eigenvalue weighted by Gasteiger charge is 2.09. The van der Waals surface area contributed by atoms with Crippen LogP contribution in [0.3, 0.4) is 0 Å². The first-order valence-electron chi connectivity index (χ1n) is 9.36. The van der Waals surface area contributed by atoms with E-state index in [4.69, 9.17) is 0 Å². The highest BCUT2D eigenvalue weighted by atomic mass is 15.1. The second kappa shape index (κ2) is 7.09. The average molecular weight is 358 g/mol. The van der Waals surface area contributed by atoms with Crippen LogP contribution in [0.4, 0.5) is 11.4 Å². The van der Waals surface area contributed by atoms with Crippen molar-refractivity contribution in [3.05, 3.63) is 109 Å². The van der Waals surface area contributed by atoms with Crippen LogP contribution in [0.25, 0.3) is 32.7 Å². The molecule has 0 unspecified atom stereocenters. The lowest BCUT2D eigenvalue weighted by atomic mass is 9.95. The van der Waals surface area contributed by atoms with Crippen LogP contribution in [-0.4, -0.2) is 0 Å². The molecule has 0 aliphatic carbocycles. The summed E-state index contributed by atoms with van der Waals surface area (Å²) in [5, 5.41) is 13.9. The van der Waals surface area contributed by atoms with Crippen LogP contribution in [0.1, 0.15) is 0 Å². The quantitative estimate of drug-likeness (QED) is 0.230. The molecule has 132 valence electrons. The standard InChI is InChI=1S/C26H18N2/c1-2-12-22(13-3-1)27-28-26-16-7-6-14-24(26)23-15-8-11-21-17-19-9-4-5-10-20(19)18-25(21)23/h1-18H. The Morgan fingerprint density at radius 2 is 1.07 bits per heavy atom. The molecule has 0 N–H and O–H groups in total. The van der Waals surface area contributed by atoms with Crippen LogP contribution in [0.15, 0.2) is 119 Å². The van der Waals surface area contributed by atoms with Crippen molar-refractivity contribution < 1.29 is 0 Å². The Hall–Kier alpha value is -3.78. The van der Waals surface area contributed by atoms with Crippen LogP contribution in [0, 0.1) is 0 Å². The molecule has 0 aliphatic rings. The van der Waals surface area contributed by atoms with E-state index in [0.717, 1.165) is 16.9 Å². The van der Waals surface area contributed by atoms with Gasteiger partial charge in [-0.25, -0.2) is 0 Å². The first-order valence-corrected chi connectivity index (χ1v) is 9.36. The lowest BCUT2D eigenvalue weighted by Gasteiger charge is -2.10. The minimum atomic E-state index is 0.848. The topological polar surface area (TPSA) is 24.7 Å². The van der Waals surface area contributed by atoms with Gasteiger partial charge in [-0.15, -0.1) is 5.11 Å². The van der Waals surface area contributed by atoms with Gasteiger partial charge in [0.25, 0.3) is 0 Å². The van der Waals surface area contributed by atoms with Gasteiger partial charge in [-0.2, -0.15) is 5.11 Å². The molecule has 5 rings (SSSR count). The summed E-state index contributed by atoms with van der Waals surface area (Å²) in [6, 6.07) is 37.4. The Morgan fingerprint density at radius 3 is 1.93 bits per heavy atom. The van der Waals surface area contributed by atoms with Crippen molar-refractivity contribution in [2.75, 3.05) is 0 Å². The third-order valence-electron chi connectivity index (χ3n) is 4.97. The molecule has 2 nitrogen and oxygen atoms in total. The van der Waals surface area contributed by atoms with E-state index in [9.17, 15) is 0 Å². The monoisotopic (exact) mass is 358 g/mol. The van der Waals surface area contributed by atoms with Crippen LogP contribution >= 0.6 is 0 Å². The maximum atomic E-state index is 4.55. The SMILES string of the molecule is c1ccc(N=Nc2ccccc2-c2cccc3cc4ccccc4cc23)cc1. The second-order valence-corrected chi connectivity index (χ2v) is 6.78. The van der Waals surface area contributed by atoms with Gasteiger partial charge in [0, 0.05) is 5.56 Å². The predicted molar refractivity (Wildman–Crippen MR) is 118 cm³/mol. The zero-order valence-corrected chi connectivity index (χ0v) is 15.3. The fourth-order valence-corrected chi connectivity index (χ4v) is 3.60. The van der Waals surface area contributed by atoms with E-state index < -0.39 is 0 Å². The van der Waals surface area contributed by atoms with Crippen molar-refractivity contribution >= 4 is 32.9 Å². The van der Waals surface area contributed by atoms with Gasteiger partial charge in [-0.1, -0.05) is 78.9 Å². The Kier molecular flexibility index (Phi) is 4.15. The molecular weight excluding hydrogens is 340 g/mol. The summed E-state index contributed by atoms with van der Waals surface area (Å²) in [7, 11) is 0. The summed E-state index contributed by atoms with van der Waals surface area (Å²) in [6.45, 7) is 0. The number of azo groups is 1. The van der Waals surface area contributed by atoms with Gasteiger partial charge in [-0.05, 0) is 57.4 Å². The number of hydrogen-bond acceptors (Lipinski definition) is 2. The maximum absolute atomic E-state index is 4.55. The van der Waals surface area contributed by atoms with Gasteiger partial charge >= 0.3 is 0 Å². The van der Waals surface area contributed by atoms with E-state index in [-0.39, 0.29) is 0 Å². The molecule has 0 bridgehead atoms. The Labute approximate surface area is 163 Å². The highest BCUT2D eigenvalue weighted by Crippen LogP contribution is 2.37. The summed E-state index contributed by atoms with van der Waals surface area (Å²) in [4.78, 5) is 0. The van der Waals surface area contributed by atoms with Crippen LogP contribution in [0.2, 0.25) is 0 Å². The van der Waals surface area contributed by atoms with Crippen molar-refractivity contribution in [1.82, 2.24) is 0 Å². The van der Waals surface area contributed by atoms with E-state index in [1.165, 1.54) is 27.1 Å². The Balaban J connectivity index is 1.68. The summed E-state index contributed by atoms with van der Waals surface area (Å²) >= 11 is 0. The van der Waals surface area contributed by atoms with E-state index >= 15 is 0 Å². The molecule has 5 aromatic rings. The molecule has 0 atom stereocenters. The van der Waals surface area contributed by atoms with Gasteiger partial charge in [0.1, 0.15) is 0 Å². The Bertz CT molecular complexity index is 1300. The molecule has 0 fully saturated rings. The molecule has 0 saturated heterocycles. The average Bonchev–Trinajstić information content (AvgIpc) is 2.77. The fraction of sp³-hybridized carbons (Fsp3) is 0. The normalized spacial score (nSPS) is 11.4. The van der Waals surface area contributed by atoms with E-state index in [0.29, 0.717) is 0 Å². The van der Waals surface area contributed by atoms with Gasteiger partial charge in [0.05, 0.1) is 11.4 Å². The fourth-order valence-electron chi connectivity index (χ4n) is 3.60. The number of rotatable bonds is 3. The van der Waals surface area contributed by atoms with Gasteiger partial charge in [0.2, 0.25) is 0 Å². The highest BCUT2D eigenvalue weighted by molar-refractivity contribution is 6.06. The van der Waals surface area contributed by atoms with Gasteiger partial charge < -0.3 is 0 Å². The number of nitrogens with zero attached hydrogens (tertiary/aromatic N) is 2. The molecule has 2 heteroatoms. The molecule has 5 aromatic carbocycles. The number of hydrogen-bond donors (Lipinski definition) is 0. The first-order chi connectivity index (χ1) is 13.9. The summed E-state index contributed by atoms with van der Waals surface area (Å²) in [5.41, 5.74) is 3.97. The molecule has 0 spiro atoms. The third-order valence-corrected chi connectivity index (χ3v) is 4.97. The molecule has 0 amide bonds. The molecule has 28 heavy (non-hydrogen) atoms. The number of fused-ring (bicyclic) bond motifs is 2. The molecule has 0 heterocycles. The smallest absolute Gasteiger partial charge is 0.0935 e. The van der Waals surface area contributed by atoms with E-state index in [1.54, 1.807) is 0 Å². The predicted octanol–water partition coefficient (Wildman–Crippen LogP) is 8.08. The molecule has 0 aromatic heterocycles.